The van der Waals surface area contributed by atoms with Crippen molar-refractivity contribution in [2.75, 3.05) is 25.1 Å². The normalized spacial score (nSPS) is 19.8. The molecule has 2 aromatic heterocycles. The number of carbonyl (C=O) groups is 1. The molecule has 7 nitrogen and oxygen atoms in total. The summed E-state index contributed by atoms with van der Waals surface area (Å²) in [6.07, 6.45) is 2.65. The molecule has 3 N–H and O–H groups in total. The number of nitrogens with zero attached hydrogens (tertiary/aromatic N) is 2. The van der Waals surface area contributed by atoms with Crippen LogP contribution in [0.5, 0.6) is 11.5 Å². The van der Waals surface area contributed by atoms with E-state index in [-0.39, 0.29) is 45.2 Å². The van der Waals surface area contributed by atoms with Crippen molar-refractivity contribution in [1.29, 1.82) is 0 Å². The molecule has 5 rings (SSSR count). The van der Waals surface area contributed by atoms with Crippen LogP contribution in [0, 0.1) is 11.7 Å². The van der Waals surface area contributed by atoms with Gasteiger partial charge in [-0.1, -0.05) is 0 Å². The third-order valence-electron chi connectivity index (χ3n) is 6.70. The standard InChI is InChI=1S/C23H26FN3O4S/c1-10(25)12-6-7-26(9-12)18-15(24)8-14-17(21(18)31-3)27(13-4-5-13)23-16(19(14)29)20(30)22(32-23)11(2)28/h8,10,12-13,30H,4-7,9,25H2,1-3H3/t10-,12-/m1/s1. The maximum Gasteiger partial charge on any atom is 0.202 e. The number of aromatic hydroxyl groups is 1. The minimum absolute atomic E-state index is 0.00197. The van der Waals surface area contributed by atoms with Crippen molar-refractivity contribution in [1.82, 2.24) is 4.57 Å². The number of hydrogen-bond acceptors (Lipinski definition) is 7. The van der Waals surface area contributed by atoms with Crippen LogP contribution in [0.25, 0.3) is 21.1 Å². The van der Waals surface area contributed by atoms with E-state index in [9.17, 15) is 14.7 Å². The van der Waals surface area contributed by atoms with Crippen molar-refractivity contribution in [3.8, 4) is 11.5 Å². The quantitative estimate of drug-likeness (QED) is 0.564. The molecule has 1 aromatic carbocycles. The van der Waals surface area contributed by atoms with Gasteiger partial charge in [-0.25, -0.2) is 4.39 Å². The molecule has 0 unspecified atom stereocenters. The van der Waals surface area contributed by atoms with Crippen molar-refractivity contribution in [2.24, 2.45) is 11.7 Å². The molecule has 3 aromatic rings. The highest BCUT2D eigenvalue weighted by Crippen LogP contribution is 2.48. The van der Waals surface area contributed by atoms with Crippen LogP contribution in [0.3, 0.4) is 0 Å². The lowest BCUT2D eigenvalue weighted by Crippen LogP contribution is -2.30. The molecule has 0 spiro atoms. The summed E-state index contributed by atoms with van der Waals surface area (Å²) < 4.78 is 23.2. The number of aromatic nitrogens is 1. The number of ketones is 1. The summed E-state index contributed by atoms with van der Waals surface area (Å²) in [5, 5.41) is 10.9. The molecular formula is C23H26FN3O4S. The highest BCUT2D eigenvalue weighted by Gasteiger charge is 2.35. The molecule has 0 radical (unpaired) electrons. The van der Waals surface area contributed by atoms with Gasteiger partial charge in [-0.3, -0.25) is 9.59 Å². The molecule has 2 fully saturated rings. The Morgan fingerprint density at radius 3 is 2.66 bits per heavy atom. The van der Waals surface area contributed by atoms with Crippen molar-refractivity contribution in [2.45, 2.75) is 45.2 Å². The van der Waals surface area contributed by atoms with Gasteiger partial charge in [0.1, 0.15) is 20.8 Å². The molecule has 170 valence electrons. The van der Waals surface area contributed by atoms with Crippen LogP contribution >= 0.6 is 11.3 Å². The van der Waals surface area contributed by atoms with Crippen LogP contribution in [0.4, 0.5) is 10.1 Å². The highest BCUT2D eigenvalue weighted by molar-refractivity contribution is 7.21. The fourth-order valence-electron chi connectivity index (χ4n) is 4.87. The second-order valence-corrected chi connectivity index (χ2v) is 9.94. The SMILES string of the molecule is COc1c(N2CC[C@@H]([C@@H](C)N)C2)c(F)cc2c(=O)c3c(O)c(C(C)=O)sc3n(C3CC3)c12. The lowest BCUT2D eigenvalue weighted by atomic mass is 10.0. The van der Waals surface area contributed by atoms with Gasteiger partial charge in [0.25, 0.3) is 0 Å². The van der Waals surface area contributed by atoms with Gasteiger partial charge in [0.2, 0.25) is 5.43 Å². The molecule has 32 heavy (non-hydrogen) atoms. The Hall–Kier alpha value is -2.65. The number of thiophene rings is 1. The average Bonchev–Trinajstić information content (AvgIpc) is 3.34. The first kappa shape index (κ1) is 21.2. The summed E-state index contributed by atoms with van der Waals surface area (Å²) in [5.41, 5.74) is 6.45. The number of rotatable bonds is 5. The van der Waals surface area contributed by atoms with Crippen LogP contribution in [0.1, 0.15) is 48.8 Å². The van der Waals surface area contributed by atoms with Gasteiger partial charge >= 0.3 is 0 Å². The van der Waals surface area contributed by atoms with E-state index in [1.807, 2.05) is 16.4 Å². The molecule has 9 heteroatoms. The predicted octanol–water partition coefficient (Wildman–Crippen LogP) is 3.78. The van der Waals surface area contributed by atoms with Crippen molar-refractivity contribution < 1.29 is 19.0 Å². The first-order chi connectivity index (χ1) is 15.2. The van der Waals surface area contributed by atoms with E-state index in [1.54, 1.807) is 0 Å². The van der Waals surface area contributed by atoms with Gasteiger partial charge < -0.3 is 25.0 Å². The number of Topliss-reactive ketones (excluding diaryl/α,β-unsaturated/α-hetero) is 1. The third-order valence-corrected chi connectivity index (χ3v) is 7.98. The zero-order valence-corrected chi connectivity index (χ0v) is 19.1. The molecule has 1 aliphatic carbocycles. The minimum Gasteiger partial charge on any atom is -0.505 e. The van der Waals surface area contributed by atoms with Gasteiger partial charge in [0, 0.05) is 32.1 Å². The Balaban J connectivity index is 1.86. The van der Waals surface area contributed by atoms with E-state index in [1.165, 1.54) is 20.1 Å². The summed E-state index contributed by atoms with van der Waals surface area (Å²) in [6.45, 7) is 4.58. The van der Waals surface area contributed by atoms with Crippen molar-refractivity contribution in [3.05, 3.63) is 27.0 Å². The van der Waals surface area contributed by atoms with Crippen LogP contribution in [0.2, 0.25) is 0 Å². The summed E-state index contributed by atoms with van der Waals surface area (Å²) in [4.78, 5) is 28.1. The van der Waals surface area contributed by atoms with Crippen LogP contribution in [-0.2, 0) is 0 Å². The fourth-order valence-corrected chi connectivity index (χ4v) is 6.03. The van der Waals surface area contributed by atoms with Gasteiger partial charge in [-0.2, -0.15) is 0 Å². The number of methoxy groups -OCH3 is 1. The van der Waals surface area contributed by atoms with Crippen molar-refractivity contribution in [3.63, 3.8) is 0 Å². The topological polar surface area (TPSA) is 97.8 Å². The van der Waals surface area contributed by atoms with E-state index < -0.39 is 11.2 Å². The Morgan fingerprint density at radius 2 is 2.09 bits per heavy atom. The number of benzene rings is 1. The van der Waals surface area contributed by atoms with Crippen LogP contribution < -0.4 is 20.8 Å². The summed E-state index contributed by atoms with van der Waals surface area (Å²) >= 11 is 1.11. The minimum atomic E-state index is -0.542. The summed E-state index contributed by atoms with van der Waals surface area (Å²) in [7, 11) is 1.48. The maximum absolute atomic E-state index is 15.5. The van der Waals surface area contributed by atoms with E-state index in [0.29, 0.717) is 34.9 Å². The zero-order valence-electron chi connectivity index (χ0n) is 18.3. The van der Waals surface area contributed by atoms with Gasteiger partial charge in [0.05, 0.1) is 18.0 Å². The molecule has 2 atom stereocenters. The molecule has 1 saturated heterocycles. The lowest BCUT2D eigenvalue weighted by Gasteiger charge is -2.25. The Morgan fingerprint density at radius 1 is 1.38 bits per heavy atom. The molecule has 3 heterocycles. The van der Waals surface area contributed by atoms with E-state index >= 15 is 4.39 Å². The van der Waals surface area contributed by atoms with Gasteiger partial charge in [0.15, 0.2) is 23.1 Å². The Bertz CT molecular complexity index is 1320. The Kier molecular flexibility index (Phi) is 4.94. The number of carbonyl (C=O) groups excluding carboxylic acids is 1. The van der Waals surface area contributed by atoms with Crippen LogP contribution in [-0.4, -0.2) is 41.7 Å². The first-order valence-corrected chi connectivity index (χ1v) is 11.7. The number of ether oxygens (including phenoxy) is 1. The number of hydrogen-bond donors (Lipinski definition) is 2. The molecule has 1 aliphatic heterocycles. The zero-order chi connectivity index (χ0) is 22.9. The number of fused-ring (bicyclic) bond motifs is 2. The number of nitrogens with two attached hydrogens (primary N) is 1. The second-order valence-electron chi connectivity index (χ2n) is 8.94. The summed E-state index contributed by atoms with van der Waals surface area (Å²) in [6, 6.07) is 1.34. The predicted molar refractivity (Wildman–Crippen MR) is 124 cm³/mol. The largest absolute Gasteiger partial charge is 0.505 e. The Labute approximate surface area is 188 Å². The highest BCUT2D eigenvalue weighted by atomic mass is 32.1. The number of anilines is 1. The van der Waals surface area contributed by atoms with Gasteiger partial charge in [-0.05, 0) is 38.2 Å². The molecule has 0 amide bonds. The number of pyridine rings is 1. The van der Waals surface area contributed by atoms with Gasteiger partial charge in [-0.15, -0.1) is 11.3 Å². The first-order valence-electron chi connectivity index (χ1n) is 10.9. The number of halogens is 1. The smallest absolute Gasteiger partial charge is 0.202 e. The molecule has 1 saturated carbocycles. The van der Waals surface area contributed by atoms with E-state index in [2.05, 4.69) is 0 Å². The lowest BCUT2D eigenvalue weighted by molar-refractivity contribution is 0.101. The molecule has 0 bridgehead atoms. The second kappa shape index (κ2) is 7.45. The third kappa shape index (κ3) is 3.02. The molecule has 2 aliphatic rings. The van der Waals surface area contributed by atoms with E-state index in [0.717, 1.165) is 30.6 Å². The molecular weight excluding hydrogens is 433 g/mol. The maximum atomic E-state index is 15.5. The van der Waals surface area contributed by atoms with Crippen LogP contribution in [0.15, 0.2) is 10.9 Å². The fraction of sp³-hybridized carbons (Fsp3) is 0.478. The van der Waals surface area contributed by atoms with E-state index in [4.69, 9.17) is 10.5 Å². The van der Waals surface area contributed by atoms with Crippen molar-refractivity contribution >= 4 is 43.9 Å². The summed E-state index contributed by atoms with van der Waals surface area (Å²) in [5.74, 6) is -0.613. The monoisotopic (exact) mass is 459 g/mol. The average molecular weight is 460 g/mol.